The van der Waals surface area contributed by atoms with Crippen LogP contribution in [0.25, 0.3) is 0 Å². The van der Waals surface area contributed by atoms with Gasteiger partial charge in [-0.2, -0.15) is 0 Å². The van der Waals surface area contributed by atoms with Gasteiger partial charge in [0.2, 0.25) is 0 Å². The van der Waals surface area contributed by atoms with Crippen molar-refractivity contribution in [1.29, 1.82) is 0 Å². The van der Waals surface area contributed by atoms with Gasteiger partial charge in [0.15, 0.2) is 0 Å². The maximum Gasteiger partial charge on any atom is 0.132 e. The molecule has 0 aromatic rings. The van der Waals surface area contributed by atoms with Crippen molar-refractivity contribution >= 4 is 11.6 Å². The highest BCUT2D eigenvalue weighted by Gasteiger charge is 2.05. The van der Waals surface area contributed by atoms with E-state index >= 15 is 0 Å². The van der Waals surface area contributed by atoms with Crippen LogP contribution in [-0.4, -0.2) is 11.6 Å². The Bertz CT molecular complexity index is 209. The van der Waals surface area contributed by atoms with E-state index in [2.05, 4.69) is 0 Å². The van der Waals surface area contributed by atoms with E-state index in [0.717, 1.165) is 77.0 Å². The Kier molecular flexibility index (Phi) is 7.94. The third-order valence-electron chi connectivity index (χ3n) is 3.57. The third-order valence-corrected chi connectivity index (χ3v) is 3.57. The van der Waals surface area contributed by atoms with Crippen LogP contribution in [0.2, 0.25) is 0 Å². The predicted octanol–water partition coefficient (Wildman–Crippen LogP) is 4.21. The molecule has 1 aliphatic carbocycles. The average molecular weight is 238 g/mol. The molecule has 1 rings (SSSR count). The van der Waals surface area contributed by atoms with Gasteiger partial charge in [-0.05, 0) is 25.7 Å². The second kappa shape index (κ2) is 9.38. The van der Waals surface area contributed by atoms with Crippen LogP contribution in [0.1, 0.15) is 83.5 Å². The molecule has 0 atom stereocenters. The Balaban J connectivity index is 2.23. The number of rotatable bonds is 0. The lowest BCUT2D eigenvalue weighted by atomic mass is 10.0. The Morgan fingerprint density at radius 3 is 0.941 bits per heavy atom. The number of carbonyl (C=O) groups excluding carboxylic acids is 2. The van der Waals surface area contributed by atoms with Crippen LogP contribution in [-0.2, 0) is 9.59 Å². The molecule has 1 fully saturated rings. The van der Waals surface area contributed by atoms with E-state index in [9.17, 15) is 9.59 Å². The van der Waals surface area contributed by atoms with Gasteiger partial charge in [0.1, 0.15) is 11.6 Å². The summed E-state index contributed by atoms with van der Waals surface area (Å²) < 4.78 is 0. The fraction of sp³-hybridized carbons (Fsp3) is 0.867. The summed E-state index contributed by atoms with van der Waals surface area (Å²) in [6.45, 7) is 0. The van der Waals surface area contributed by atoms with Crippen molar-refractivity contribution in [1.82, 2.24) is 0 Å². The Morgan fingerprint density at radius 2 is 0.647 bits per heavy atom. The van der Waals surface area contributed by atoms with Gasteiger partial charge in [-0.15, -0.1) is 0 Å². The zero-order valence-electron chi connectivity index (χ0n) is 11.0. The van der Waals surface area contributed by atoms with E-state index < -0.39 is 0 Å². The molecule has 0 aliphatic heterocycles. The highest BCUT2D eigenvalue weighted by Crippen LogP contribution is 2.13. The van der Waals surface area contributed by atoms with Gasteiger partial charge in [-0.1, -0.05) is 32.1 Å². The second-order valence-electron chi connectivity index (χ2n) is 5.26. The summed E-state index contributed by atoms with van der Waals surface area (Å²) in [5, 5.41) is 0. The van der Waals surface area contributed by atoms with E-state index in [-0.39, 0.29) is 0 Å². The highest BCUT2D eigenvalue weighted by atomic mass is 16.1. The van der Waals surface area contributed by atoms with Crippen molar-refractivity contribution < 1.29 is 9.59 Å². The summed E-state index contributed by atoms with van der Waals surface area (Å²) in [5.41, 5.74) is 0. The first-order valence-corrected chi connectivity index (χ1v) is 7.32. The second-order valence-corrected chi connectivity index (χ2v) is 5.26. The highest BCUT2D eigenvalue weighted by molar-refractivity contribution is 5.78. The first kappa shape index (κ1) is 14.4. The molecule has 0 radical (unpaired) electrons. The number of hydrogen-bond donors (Lipinski definition) is 0. The lowest BCUT2D eigenvalue weighted by Crippen LogP contribution is -1.98. The third kappa shape index (κ3) is 8.12. The van der Waals surface area contributed by atoms with Crippen molar-refractivity contribution in [3.05, 3.63) is 0 Å². The molecular formula is C15H26O2. The summed E-state index contributed by atoms with van der Waals surface area (Å²) >= 11 is 0. The molecule has 17 heavy (non-hydrogen) atoms. The molecule has 0 N–H and O–H groups in total. The molecule has 98 valence electrons. The molecule has 0 aromatic heterocycles. The molecule has 2 heteroatoms. The van der Waals surface area contributed by atoms with Gasteiger partial charge in [0.25, 0.3) is 0 Å². The fourth-order valence-electron chi connectivity index (χ4n) is 2.42. The van der Waals surface area contributed by atoms with Crippen LogP contribution < -0.4 is 0 Å². The van der Waals surface area contributed by atoms with Gasteiger partial charge in [0.05, 0.1) is 0 Å². The minimum absolute atomic E-state index is 0.441. The lowest BCUT2D eigenvalue weighted by molar-refractivity contribution is -0.120. The van der Waals surface area contributed by atoms with Gasteiger partial charge in [-0.25, -0.2) is 0 Å². The molecule has 1 saturated carbocycles. The molecule has 0 aromatic carbocycles. The van der Waals surface area contributed by atoms with Gasteiger partial charge >= 0.3 is 0 Å². The van der Waals surface area contributed by atoms with Crippen molar-refractivity contribution in [3.63, 3.8) is 0 Å². The minimum Gasteiger partial charge on any atom is -0.300 e. The zero-order valence-corrected chi connectivity index (χ0v) is 11.0. The maximum absolute atomic E-state index is 11.5. The predicted molar refractivity (Wildman–Crippen MR) is 70.0 cm³/mol. The normalized spacial score (nSPS) is 22.8. The fourth-order valence-corrected chi connectivity index (χ4v) is 2.42. The Morgan fingerprint density at radius 1 is 0.412 bits per heavy atom. The Hall–Kier alpha value is -0.660. The van der Waals surface area contributed by atoms with Crippen molar-refractivity contribution in [2.45, 2.75) is 83.5 Å². The lowest BCUT2D eigenvalue weighted by Gasteiger charge is -2.01. The Labute approximate surface area is 105 Å². The van der Waals surface area contributed by atoms with Crippen LogP contribution in [0.15, 0.2) is 0 Å². The summed E-state index contributed by atoms with van der Waals surface area (Å²) in [6, 6.07) is 0. The van der Waals surface area contributed by atoms with Crippen LogP contribution >= 0.6 is 0 Å². The standard InChI is InChI=1S/C15H26O2/c16-14-10-6-2-1-3-7-11-15(17)13-9-5-4-8-12-14/h1-13H2. The molecule has 0 amide bonds. The molecular weight excluding hydrogens is 212 g/mol. The minimum atomic E-state index is 0.441. The topological polar surface area (TPSA) is 34.1 Å². The first-order chi connectivity index (χ1) is 8.29. The SMILES string of the molecule is O=C1CCCCCCCC(=O)CCCCCC1. The summed E-state index contributed by atoms with van der Waals surface area (Å²) in [7, 11) is 0. The van der Waals surface area contributed by atoms with Crippen LogP contribution in [0.3, 0.4) is 0 Å². The van der Waals surface area contributed by atoms with Crippen molar-refractivity contribution in [3.8, 4) is 0 Å². The number of hydrogen-bond acceptors (Lipinski definition) is 2. The molecule has 0 spiro atoms. The van der Waals surface area contributed by atoms with Gasteiger partial charge in [0, 0.05) is 25.7 Å². The van der Waals surface area contributed by atoms with Crippen LogP contribution in [0, 0.1) is 0 Å². The quantitative estimate of drug-likeness (QED) is 0.633. The molecule has 0 unspecified atom stereocenters. The smallest absolute Gasteiger partial charge is 0.132 e. The molecule has 0 bridgehead atoms. The average Bonchev–Trinajstić information content (AvgIpc) is 2.32. The van der Waals surface area contributed by atoms with E-state index in [1.807, 2.05) is 0 Å². The number of Topliss-reactive ketones (excluding diaryl/α,β-unsaturated/α-hetero) is 2. The number of ketones is 2. The van der Waals surface area contributed by atoms with Crippen molar-refractivity contribution in [2.75, 3.05) is 0 Å². The molecule has 1 aliphatic rings. The maximum atomic E-state index is 11.5. The van der Waals surface area contributed by atoms with E-state index in [4.69, 9.17) is 0 Å². The van der Waals surface area contributed by atoms with Crippen molar-refractivity contribution in [2.24, 2.45) is 0 Å². The van der Waals surface area contributed by atoms with Gasteiger partial charge < -0.3 is 0 Å². The monoisotopic (exact) mass is 238 g/mol. The van der Waals surface area contributed by atoms with Gasteiger partial charge in [-0.3, -0.25) is 9.59 Å². The van der Waals surface area contributed by atoms with Crippen LogP contribution in [0.4, 0.5) is 0 Å². The first-order valence-electron chi connectivity index (χ1n) is 7.32. The van der Waals surface area contributed by atoms with Crippen LogP contribution in [0.5, 0.6) is 0 Å². The summed E-state index contributed by atoms with van der Waals surface area (Å²) in [4.78, 5) is 23.0. The molecule has 0 saturated heterocycles. The zero-order chi connectivity index (χ0) is 12.3. The number of carbonyl (C=O) groups is 2. The van der Waals surface area contributed by atoms with E-state index in [1.54, 1.807) is 0 Å². The summed E-state index contributed by atoms with van der Waals surface area (Å²) in [5.74, 6) is 0.881. The van der Waals surface area contributed by atoms with E-state index in [0.29, 0.717) is 11.6 Å². The summed E-state index contributed by atoms with van der Waals surface area (Å²) in [6.07, 6.45) is 12.9. The largest absolute Gasteiger partial charge is 0.300 e. The molecule has 0 heterocycles. The molecule has 2 nitrogen and oxygen atoms in total. The van der Waals surface area contributed by atoms with E-state index in [1.165, 1.54) is 6.42 Å².